The molecule has 1 aliphatic rings. The Bertz CT molecular complexity index is 626. The summed E-state index contributed by atoms with van der Waals surface area (Å²) in [6, 6.07) is 7.67. The normalized spacial score (nSPS) is 15.4. The maximum atomic E-state index is 12.3. The standard InChI is InChI=1S/C17H21N3O2/c1-13-18-16(12-22-13)14-6-8-15(9-7-14)19-17(21)20-10-4-2-3-5-11-20/h6-9,12H,2-5,10-11H2,1H3,(H,19,21). The molecule has 0 unspecified atom stereocenters. The average Bonchev–Trinajstić information content (AvgIpc) is 2.79. The van der Waals surface area contributed by atoms with Gasteiger partial charge in [0.05, 0.1) is 0 Å². The lowest BCUT2D eigenvalue weighted by molar-refractivity contribution is 0.214. The van der Waals surface area contributed by atoms with E-state index in [4.69, 9.17) is 4.42 Å². The van der Waals surface area contributed by atoms with Gasteiger partial charge in [-0.25, -0.2) is 9.78 Å². The number of urea groups is 1. The SMILES string of the molecule is Cc1nc(-c2ccc(NC(=O)N3CCCCCC3)cc2)co1. The topological polar surface area (TPSA) is 58.4 Å². The molecule has 3 rings (SSSR count). The zero-order valence-electron chi connectivity index (χ0n) is 12.8. The molecule has 1 aromatic carbocycles. The number of anilines is 1. The van der Waals surface area contributed by atoms with Crippen molar-refractivity contribution in [2.24, 2.45) is 0 Å². The zero-order chi connectivity index (χ0) is 15.4. The van der Waals surface area contributed by atoms with Crippen LogP contribution in [-0.4, -0.2) is 29.0 Å². The van der Waals surface area contributed by atoms with Gasteiger partial charge in [0.15, 0.2) is 5.89 Å². The fourth-order valence-electron chi connectivity index (χ4n) is 2.70. The number of hydrogen-bond donors (Lipinski definition) is 1. The number of nitrogens with zero attached hydrogens (tertiary/aromatic N) is 2. The molecule has 0 radical (unpaired) electrons. The Morgan fingerprint density at radius 2 is 1.82 bits per heavy atom. The highest BCUT2D eigenvalue weighted by Gasteiger charge is 2.15. The third-order valence-electron chi connectivity index (χ3n) is 3.94. The molecule has 5 nitrogen and oxygen atoms in total. The number of carbonyl (C=O) groups is 1. The maximum Gasteiger partial charge on any atom is 0.321 e. The Labute approximate surface area is 130 Å². The van der Waals surface area contributed by atoms with Crippen molar-refractivity contribution in [2.45, 2.75) is 32.6 Å². The number of oxazole rings is 1. The fourth-order valence-corrected chi connectivity index (χ4v) is 2.70. The molecule has 0 aliphatic carbocycles. The van der Waals surface area contributed by atoms with E-state index in [1.165, 1.54) is 12.8 Å². The molecule has 1 aromatic heterocycles. The molecule has 0 atom stereocenters. The van der Waals surface area contributed by atoms with E-state index in [9.17, 15) is 4.79 Å². The van der Waals surface area contributed by atoms with Crippen molar-refractivity contribution in [1.29, 1.82) is 0 Å². The molecule has 0 bridgehead atoms. The van der Waals surface area contributed by atoms with Gasteiger partial charge < -0.3 is 14.6 Å². The summed E-state index contributed by atoms with van der Waals surface area (Å²) in [5.74, 6) is 0.647. The second-order valence-electron chi connectivity index (χ2n) is 5.66. The summed E-state index contributed by atoms with van der Waals surface area (Å²) in [6.07, 6.45) is 6.26. The summed E-state index contributed by atoms with van der Waals surface area (Å²) in [6.45, 7) is 3.52. The average molecular weight is 299 g/mol. The molecule has 22 heavy (non-hydrogen) atoms. The van der Waals surface area contributed by atoms with Gasteiger partial charge in [-0.1, -0.05) is 25.0 Å². The van der Waals surface area contributed by atoms with Gasteiger partial charge in [-0.2, -0.15) is 0 Å². The van der Waals surface area contributed by atoms with E-state index < -0.39 is 0 Å². The number of likely N-dealkylation sites (tertiary alicyclic amines) is 1. The van der Waals surface area contributed by atoms with Crippen molar-refractivity contribution in [3.05, 3.63) is 36.4 Å². The van der Waals surface area contributed by atoms with E-state index in [1.54, 1.807) is 6.26 Å². The summed E-state index contributed by atoms with van der Waals surface area (Å²) < 4.78 is 5.22. The Kier molecular flexibility index (Phi) is 4.42. The minimum Gasteiger partial charge on any atom is -0.449 e. The first-order valence-electron chi connectivity index (χ1n) is 7.81. The number of aromatic nitrogens is 1. The van der Waals surface area contributed by atoms with Crippen molar-refractivity contribution in [2.75, 3.05) is 18.4 Å². The lowest BCUT2D eigenvalue weighted by Gasteiger charge is -2.20. The van der Waals surface area contributed by atoms with Crippen LogP contribution in [0.3, 0.4) is 0 Å². The van der Waals surface area contributed by atoms with E-state index in [0.29, 0.717) is 5.89 Å². The van der Waals surface area contributed by atoms with E-state index in [0.717, 1.165) is 42.9 Å². The molecule has 116 valence electrons. The quantitative estimate of drug-likeness (QED) is 0.909. The van der Waals surface area contributed by atoms with E-state index in [2.05, 4.69) is 10.3 Å². The van der Waals surface area contributed by atoms with Crippen LogP contribution in [0.1, 0.15) is 31.6 Å². The molecule has 2 amide bonds. The summed E-state index contributed by atoms with van der Waals surface area (Å²) >= 11 is 0. The Balaban J connectivity index is 1.64. The Morgan fingerprint density at radius 1 is 1.14 bits per heavy atom. The number of aryl methyl sites for hydroxylation is 1. The van der Waals surface area contributed by atoms with Crippen LogP contribution in [0.5, 0.6) is 0 Å². The van der Waals surface area contributed by atoms with Crippen molar-refractivity contribution in [3.63, 3.8) is 0 Å². The van der Waals surface area contributed by atoms with Crippen LogP contribution in [0.25, 0.3) is 11.3 Å². The van der Waals surface area contributed by atoms with E-state index in [1.807, 2.05) is 36.1 Å². The van der Waals surface area contributed by atoms with Gasteiger partial charge in [-0.05, 0) is 25.0 Å². The monoisotopic (exact) mass is 299 g/mol. The van der Waals surface area contributed by atoms with Gasteiger partial charge in [-0.15, -0.1) is 0 Å². The van der Waals surface area contributed by atoms with Crippen molar-refractivity contribution < 1.29 is 9.21 Å². The molecule has 5 heteroatoms. The van der Waals surface area contributed by atoms with Crippen molar-refractivity contribution >= 4 is 11.7 Å². The smallest absolute Gasteiger partial charge is 0.321 e. The van der Waals surface area contributed by atoms with Crippen LogP contribution in [0.15, 0.2) is 34.9 Å². The largest absolute Gasteiger partial charge is 0.449 e. The highest BCUT2D eigenvalue weighted by atomic mass is 16.3. The van der Waals surface area contributed by atoms with Crippen LogP contribution >= 0.6 is 0 Å². The summed E-state index contributed by atoms with van der Waals surface area (Å²) in [4.78, 5) is 18.5. The number of benzene rings is 1. The molecule has 2 heterocycles. The van der Waals surface area contributed by atoms with Gasteiger partial charge >= 0.3 is 6.03 Å². The predicted molar refractivity (Wildman–Crippen MR) is 85.7 cm³/mol. The molecular formula is C17H21N3O2. The van der Waals surface area contributed by atoms with E-state index in [-0.39, 0.29) is 6.03 Å². The number of rotatable bonds is 2. The summed E-state index contributed by atoms with van der Waals surface area (Å²) in [7, 11) is 0. The number of nitrogens with one attached hydrogen (secondary N) is 1. The minimum atomic E-state index is -0.00747. The molecule has 0 spiro atoms. The van der Waals surface area contributed by atoms with Crippen LogP contribution in [0, 0.1) is 6.92 Å². The molecule has 0 saturated carbocycles. The van der Waals surface area contributed by atoms with Crippen LogP contribution < -0.4 is 5.32 Å². The lowest BCUT2D eigenvalue weighted by atomic mass is 10.1. The molecular weight excluding hydrogens is 278 g/mol. The first-order valence-corrected chi connectivity index (χ1v) is 7.81. The van der Waals surface area contributed by atoms with Gasteiger partial charge in [-0.3, -0.25) is 0 Å². The highest BCUT2D eigenvalue weighted by molar-refractivity contribution is 5.89. The van der Waals surface area contributed by atoms with Crippen LogP contribution in [0.4, 0.5) is 10.5 Å². The van der Waals surface area contributed by atoms with Gasteiger partial charge in [0.25, 0.3) is 0 Å². The number of hydrogen-bond acceptors (Lipinski definition) is 3. The van der Waals surface area contributed by atoms with Crippen LogP contribution in [-0.2, 0) is 0 Å². The number of amides is 2. The Morgan fingerprint density at radius 3 is 2.41 bits per heavy atom. The first-order chi connectivity index (χ1) is 10.7. The molecule has 1 aliphatic heterocycles. The fraction of sp³-hybridized carbons (Fsp3) is 0.412. The van der Waals surface area contributed by atoms with Crippen LogP contribution in [0.2, 0.25) is 0 Å². The molecule has 1 N–H and O–H groups in total. The molecule has 1 fully saturated rings. The molecule has 1 saturated heterocycles. The van der Waals surface area contributed by atoms with Crippen molar-refractivity contribution in [1.82, 2.24) is 9.88 Å². The van der Waals surface area contributed by atoms with Crippen molar-refractivity contribution in [3.8, 4) is 11.3 Å². The second kappa shape index (κ2) is 6.64. The predicted octanol–water partition coefficient (Wildman–Crippen LogP) is 4.06. The Hall–Kier alpha value is -2.30. The summed E-state index contributed by atoms with van der Waals surface area (Å²) in [5, 5.41) is 2.97. The minimum absolute atomic E-state index is 0.00747. The van der Waals surface area contributed by atoms with Gasteiger partial charge in [0.1, 0.15) is 12.0 Å². The zero-order valence-corrected chi connectivity index (χ0v) is 12.8. The first kappa shape index (κ1) is 14.6. The maximum absolute atomic E-state index is 12.3. The van der Waals surface area contributed by atoms with Gasteiger partial charge in [0, 0.05) is 31.3 Å². The third kappa shape index (κ3) is 3.47. The second-order valence-corrected chi connectivity index (χ2v) is 5.66. The number of carbonyl (C=O) groups excluding carboxylic acids is 1. The van der Waals surface area contributed by atoms with E-state index >= 15 is 0 Å². The lowest BCUT2D eigenvalue weighted by Crippen LogP contribution is -2.35. The molecule has 2 aromatic rings. The van der Waals surface area contributed by atoms with Gasteiger partial charge in [0.2, 0.25) is 0 Å². The summed E-state index contributed by atoms with van der Waals surface area (Å²) in [5.41, 5.74) is 2.59. The third-order valence-corrected chi connectivity index (χ3v) is 3.94. The highest BCUT2D eigenvalue weighted by Crippen LogP contribution is 2.21.